The van der Waals surface area contributed by atoms with E-state index >= 15 is 0 Å². The largest absolute Gasteiger partial charge is 0.445 e. The fourth-order valence-corrected chi connectivity index (χ4v) is 2.68. The molecule has 11 nitrogen and oxygen atoms in total. The Kier molecular flexibility index (Phi) is 13.6. The summed E-state index contributed by atoms with van der Waals surface area (Å²) >= 11 is 1.91. The minimum atomic E-state index is -0.833. The predicted molar refractivity (Wildman–Crippen MR) is 135 cm³/mol. The van der Waals surface area contributed by atoms with E-state index in [9.17, 15) is 24.0 Å². The molecule has 1 aromatic carbocycles. The van der Waals surface area contributed by atoms with Crippen LogP contribution in [0.5, 0.6) is 0 Å². The lowest BCUT2D eigenvalue weighted by molar-refractivity contribution is -0.128. The molecule has 0 spiro atoms. The first-order chi connectivity index (χ1) is 16.1. The highest BCUT2D eigenvalue weighted by Gasteiger charge is 2.16. The molecule has 0 saturated carbocycles. The third-order valence-corrected chi connectivity index (χ3v) is 4.95. The zero-order chi connectivity index (χ0) is 25.5. The Labute approximate surface area is 212 Å². The number of nitrogens with one attached hydrogen (secondary N) is 5. The first-order valence-electron chi connectivity index (χ1n) is 10.8. The van der Waals surface area contributed by atoms with Crippen LogP contribution in [0, 0.1) is 5.92 Å². The molecular weight excluding hydrogens is 557 g/mol. The molecule has 5 N–H and O–H groups in total. The lowest BCUT2D eigenvalue weighted by Gasteiger charge is -2.15. The van der Waals surface area contributed by atoms with Crippen molar-refractivity contribution in [2.45, 2.75) is 39.8 Å². The van der Waals surface area contributed by atoms with Crippen LogP contribution in [0.25, 0.3) is 0 Å². The summed E-state index contributed by atoms with van der Waals surface area (Å²) in [6.45, 7) is 6.02. The maximum absolute atomic E-state index is 12.3. The van der Waals surface area contributed by atoms with E-state index in [2.05, 4.69) is 26.6 Å². The number of ether oxygens (including phenoxy) is 1. The topological polar surface area (TPSA) is 155 Å². The average Bonchev–Trinajstić information content (AvgIpc) is 2.80. The first-order valence-corrected chi connectivity index (χ1v) is 12.3. The first kappa shape index (κ1) is 29.1. The molecule has 0 aliphatic heterocycles. The lowest BCUT2D eigenvalue weighted by Crippen LogP contribution is -2.46. The smallest absolute Gasteiger partial charge is 0.407 e. The van der Waals surface area contributed by atoms with E-state index in [-0.39, 0.29) is 37.9 Å². The number of amides is 5. The summed E-state index contributed by atoms with van der Waals surface area (Å²) in [5.74, 6) is -1.18. The van der Waals surface area contributed by atoms with Crippen LogP contribution in [0.15, 0.2) is 24.3 Å². The van der Waals surface area contributed by atoms with Gasteiger partial charge < -0.3 is 31.3 Å². The number of hydrogen-bond acceptors (Lipinski definition) is 6. The summed E-state index contributed by atoms with van der Waals surface area (Å²) in [5.41, 5.74) is 1.27. The number of halogens is 1. The van der Waals surface area contributed by atoms with Crippen molar-refractivity contribution >= 4 is 58.0 Å². The zero-order valence-corrected chi connectivity index (χ0v) is 21.7. The van der Waals surface area contributed by atoms with Crippen LogP contribution in [-0.4, -0.2) is 59.8 Å². The molecule has 5 amide bonds. The number of benzene rings is 1. The molecule has 0 aliphatic carbocycles. The summed E-state index contributed by atoms with van der Waals surface area (Å²) in [5, 5.41) is 12.8. The van der Waals surface area contributed by atoms with Gasteiger partial charge in [0.1, 0.15) is 12.6 Å². The molecule has 0 aliphatic rings. The van der Waals surface area contributed by atoms with Crippen molar-refractivity contribution in [2.75, 3.05) is 29.4 Å². The maximum atomic E-state index is 12.3. The van der Waals surface area contributed by atoms with E-state index in [1.54, 1.807) is 24.3 Å². The number of alkyl halides is 1. The fraction of sp³-hybridized carbons (Fsp3) is 0.500. The van der Waals surface area contributed by atoms with Gasteiger partial charge in [-0.1, -0.05) is 48.6 Å². The molecule has 0 bridgehead atoms. The normalized spacial score (nSPS) is 11.2. The van der Waals surface area contributed by atoms with Gasteiger partial charge in [0.05, 0.1) is 11.0 Å². The third-order valence-electron chi connectivity index (χ3n) is 4.26. The number of rotatable bonds is 13. The molecule has 0 unspecified atom stereocenters. The average molecular weight is 589 g/mol. The summed E-state index contributed by atoms with van der Waals surface area (Å²) in [4.78, 5) is 58.7. The molecule has 188 valence electrons. The van der Waals surface area contributed by atoms with Crippen LogP contribution >= 0.6 is 22.6 Å². The van der Waals surface area contributed by atoms with Gasteiger partial charge in [-0.25, -0.2) is 4.79 Å². The summed E-state index contributed by atoms with van der Waals surface area (Å²) in [7, 11) is 0. The van der Waals surface area contributed by atoms with Crippen molar-refractivity contribution in [3.63, 3.8) is 0 Å². The molecule has 0 aromatic heterocycles. The monoisotopic (exact) mass is 589 g/mol. The number of carbonyl (C=O) groups excluding carboxylic acids is 5. The summed E-state index contributed by atoms with van der Waals surface area (Å²) in [6, 6.07) is 5.92. The van der Waals surface area contributed by atoms with E-state index in [1.165, 1.54) is 6.92 Å². The van der Waals surface area contributed by atoms with Crippen LogP contribution in [0.1, 0.15) is 32.8 Å². The van der Waals surface area contributed by atoms with E-state index in [0.717, 1.165) is 5.56 Å². The number of carbonyl (C=O) groups is 5. The van der Waals surface area contributed by atoms with Crippen LogP contribution in [0.2, 0.25) is 0 Å². The highest BCUT2D eigenvalue weighted by molar-refractivity contribution is 14.1. The Hall–Kier alpha value is -2.90. The van der Waals surface area contributed by atoms with Crippen molar-refractivity contribution in [3.05, 3.63) is 29.8 Å². The number of alkyl carbamates (subject to hydrolysis) is 1. The van der Waals surface area contributed by atoms with Crippen molar-refractivity contribution in [1.29, 1.82) is 0 Å². The van der Waals surface area contributed by atoms with Gasteiger partial charge in [-0.15, -0.1) is 0 Å². The van der Waals surface area contributed by atoms with Gasteiger partial charge in [-0.3, -0.25) is 19.2 Å². The van der Waals surface area contributed by atoms with Crippen LogP contribution < -0.4 is 26.6 Å². The van der Waals surface area contributed by atoms with Gasteiger partial charge in [0, 0.05) is 25.2 Å². The summed E-state index contributed by atoms with van der Waals surface area (Å²) in [6.07, 6.45) is -0.440. The van der Waals surface area contributed by atoms with Gasteiger partial charge in [-0.2, -0.15) is 0 Å². The standard InChI is InChI=1S/C22H32IN5O6/c1-14(2)11-26-22(33)34-13-16-4-6-17(7-5-16)28-21(32)15(3)27-20(31)12-25-18(29)8-9-24-19(30)10-23/h4-7,14-15H,8-13H2,1-3H3,(H,24,30)(H,25,29)(H,26,33)(H,27,31)(H,28,32)/t15-/m0/s1. The van der Waals surface area contributed by atoms with Crippen molar-refractivity contribution in [1.82, 2.24) is 21.3 Å². The lowest BCUT2D eigenvalue weighted by atomic mass is 10.2. The molecule has 12 heteroatoms. The van der Waals surface area contributed by atoms with Gasteiger partial charge in [0.25, 0.3) is 0 Å². The molecule has 0 fully saturated rings. The van der Waals surface area contributed by atoms with Gasteiger partial charge in [-0.05, 0) is 30.5 Å². The minimum Gasteiger partial charge on any atom is -0.445 e. The van der Waals surface area contributed by atoms with E-state index < -0.39 is 23.9 Å². The van der Waals surface area contributed by atoms with Gasteiger partial charge in [0.2, 0.25) is 23.6 Å². The van der Waals surface area contributed by atoms with Crippen LogP contribution in [-0.2, 0) is 30.5 Å². The maximum Gasteiger partial charge on any atom is 0.407 e. The van der Waals surface area contributed by atoms with Gasteiger partial charge >= 0.3 is 6.09 Å². The molecule has 1 aromatic rings. The molecule has 1 atom stereocenters. The SMILES string of the molecule is CC(C)CNC(=O)OCc1ccc(NC(=O)[C@H](C)NC(=O)CNC(=O)CCNC(=O)CI)cc1. The second kappa shape index (κ2) is 15.9. The highest BCUT2D eigenvalue weighted by Crippen LogP contribution is 2.11. The second-order valence-electron chi connectivity index (χ2n) is 7.84. The Balaban J connectivity index is 2.34. The molecule has 0 heterocycles. The Morgan fingerprint density at radius 1 is 0.912 bits per heavy atom. The Morgan fingerprint density at radius 2 is 1.59 bits per heavy atom. The Morgan fingerprint density at radius 3 is 2.21 bits per heavy atom. The fourth-order valence-electron chi connectivity index (χ4n) is 2.41. The molecule has 0 radical (unpaired) electrons. The molecule has 34 heavy (non-hydrogen) atoms. The third kappa shape index (κ3) is 13.0. The van der Waals surface area contributed by atoms with Crippen LogP contribution in [0.4, 0.5) is 10.5 Å². The van der Waals surface area contributed by atoms with Crippen molar-refractivity contribution in [2.24, 2.45) is 5.92 Å². The molecule has 0 saturated heterocycles. The van der Waals surface area contributed by atoms with E-state index in [1.807, 2.05) is 36.4 Å². The second-order valence-corrected chi connectivity index (χ2v) is 8.60. The van der Waals surface area contributed by atoms with Crippen LogP contribution in [0.3, 0.4) is 0 Å². The quantitative estimate of drug-likeness (QED) is 0.171. The molecular formula is C22H32IN5O6. The van der Waals surface area contributed by atoms with Gasteiger partial charge in [0.15, 0.2) is 0 Å². The van der Waals surface area contributed by atoms with E-state index in [0.29, 0.717) is 22.6 Å². The molecule has 1 rings (SSSR count). The predicted octanol–water partition coefficient (Wildman–Crippen LogP) is 1.07. The summed E-state index contributed by atoms with van der Waals surface area (Å²) < 4.78 is 5.43. The zero-order valence-electron chi connectivity index (χ0n) is 19.5. The minimum absolute atomic E-state index is 0.0509. The highest BCUT2D eigenvalue weighted by atomic mass is 127. The number of hydrogen-bond donors (Lipinski definition) is 5. The Bertz CT molecular complexity index is 847. The van der Waals surface area contributed by atoms with E-state index in [4.69, 9.17) is 4.74 Å². The number of anilines is 1. The van der Waals surface area contributed by atoms with Crippen molar-refractivity contribution < 1.29 is 28.7 Å². The van der Waals surface area contributed by atoms with Crippen molar-refractivity contribution in [3.8, 4) is 0 Å².